The zero-order valence-electron chi connectivity index (χ0n) is 14.0. The molecule has 0 atom stereocenters. The fraction of sp³-hybridized carbons (Fsp3) is 0.105. The first-order valence-corrected chi connectivity index (χ1v) is 9.00. The van der Waals surface area contributed by atoms with Gasteiger partial charge < -0.3 is 10.1 Å². The highest BCUT2D eigenvalue weighted by atomic mass is 35.5. The maximum Gasteiger partial charge on any atom is 0.350 e. The van der Waals surface area contributed by atoms with E-state index in [4.69, 9.17) is 16.3 Å². The highest BCUT2D eigenvalue weighted by Gasteiger charge is 2.20. The zero-order valence-corrected chi connectivity index (χ0v) is 15.6. The number of hydrogen-bond donors (Lipinski definition) is 1. The predicted molar refractivity (Wildman–Crippen MR) is 102 cm³/mol. The van der Waals surface area contributed by atoms with Crippen molar-refractivity contribution in [2.75, 3.05) is 11.9 Å². The van der Waals surface area contributed by atoms with Crippen molar-refractivity contribution in [1.29, 1.82) is 0 Å². The van der Waals surface area contributed by atoms with Crippen molar-refractivity contribution in [2.24, 2.45) is 0 Å². The number of nitrogens with one attached hydrogen (secondary N) is 1. The van der Waals surface area contributed by atoms with Crippen LogP contribution in [0.15, 0.2) is 42.5 Å². The third-order valence-corrected chi connectivity index (χ3v) is 5.28. The number of carbonyl (C=O) groups excluding carboxylic acids is 3. The van der Waals surface area contributed by atoms with E-state index in [1.807, 2.05) is 0 Å². The molecule has 0 aliphatic rings. The lowest BCUT2D eigenvalue weighted by atomic mass is 10.1. The van der Waals surface area contributed by atoms with Gasteiger partial charge in [-0.05, 0) is 42.5 Å². The highest BCUT2D eigenvalue weighted by Crippen LogP contribution is 2.36. The molecule has 0 aliphatic heterocycles. The number of fused-ring (bicyclic) bond motifs is 1. The molecule has 0 spiro atoms. The minimum Gasteiger partial charge on any atom is -0.453 e. The van der Waals surface area contributed by atoms with Crippen LogP contribution >= 0.6 is 22.9 Å². The van der Waals surface area contributed by atoms with E-state index in [1.54, 1.807) is 12.1 Å². The number of halogens is 2. The topological polar surface area (TPSA) is 72.5 Å². The second-order valence-corrected chi connectivity index (χ2v) is 7.07. The van der Waals surface area contributed by atoms with E-state index in [1.165, 1.54) is 37.3 Å². The summed E-state index contributed by atoms with van der Waals surface area (Å²) in [4.78, 5) is 35.5. The number of ketones is 1. The van der Waals surface area contributed by atoms with Gasteiger partial charge in [0.15, 0.2) is 12.4 Å². The number of hydrogen-bond acceptors (Lipinski definition) is 5. The molecule has 0 aliphatic carbocycles. The summed E-state index contributed by atoms with van der Waals surface area (Å²) in [5, 5.41) is 3.31. The van der Waals surface area contributed by atoms with E-state index in [2.05, 4.69) is 5.32 Å². The van der Waals surface area contributed by atoms with Gasteiger partial charge in [0.25, 0.3) is 0 Å². The van der Waals surface area contributed by atoms with Crippen LogP contribution in [0.4, 0.5) is 10.1 Å². The average Bonchev–Trinajstić information content (AvgIpc) is 2.95. The Morgan fingerprint density at radius 1 is 1.15 bits per heavy atom. The Hall–Kier alpha value is -2.77. The van der Waals surface area contributed by atoms with Crippen molar-refractivity contribution in [3.05, 3.63) is 63.7 Å². The van der Waals surface area contributed by atoms with Gasteiger partial charge in [-0.1, -0.05) is 11.6 Å². The third kappa shape index (κ3) is 4.32. The molecule has 3 rings (SSSR count). The largest absolute Gasteiger partial charge is 0.453 e. The standard InChI is InChI=1S/C19H13ClFNO4S/c1-10(23)22-13-5-2-11(3-6-13)15(24)9-26-19(25)18-17(20)14-7-4-12(21)8-16(14)27-18/h2-8H,9H2,1H3,(H,22,23). The van der Waals surface area contributed by atoms with Crippen LogP contribution in [-0.2, 0) is 9.53 Å². The van der Waals surface area contributed by atoms with Crippen LogP contribution < -0.4 is 5.32 Å². The van der Waals surface area contributed by atoms with Crippen LogP contribution in [-0.4, -0.2) is 24.3 Å². The Morgan fingerprint density at radius 3 is 2.52 bits per heavy atom. The molecule has 0 unspecified atom stereocenters. The van der Waals surface area contributed by atoms with Gasteiger partial charge >= 0.3 is 5.97 Å². The van der Waals surface area contributed by atoms with E-state index >= 15 is 0 Å². The smallest absolute Gasteiger partial charge is 0.350 e. The molecule has 2 aromatic carbocycles. The van der Waals surface area contributed by atoms with E-state index in [9.17, 15) is 18.8 Å². The molecule has 1 N–H and O–H groups in total. The lowest BCUT2D eigenvalue weighted by Crippen LogP contribution is -2.14. The van der Waals surface area contributed by atoms with E-state index in [-0.39, 0.29) is 15.8 Å². The summed E-state index contributed by atoms with van der Waals surface area (Å²) in [7, 11) is 0. The molecule has 3 aromatic rings. The minimum absolute atomic E-state index is 0.117. The normalized spacial score (nSPS) is 10.6. The van der Waals surface area contributed by atoms with Gasteiger partial charge in [-0.15, -0.1) is 11.3 Å². The maximum atomic E-state index is 13.3. The second kappa shape index (κ2) is 7.85. The fourth-order valence-corrected chi connectivity index (χ4v) is 3.82. The monoisotopic (exact) mass is 405 g/mol. The van der Waals surface area contributed by atoms with Crippen molar-refractivity contribution in [3.63, 3.8) is 0 Å². The lowest BCUT2D eigenvalue weighted by Gasteiger charge is -2.05. The minimum atomic E-state index is -0.746. The third-order valence-electron chi connectivity index (χ3n) is 3.64. The average molecular weight is 406 g/mol. The molecule has 1 aromatic heterocycles. The van der Waals surface area contributed by atoms with Crippen LogP contribution in [0.3, 0.4) is 0 Å². The number of anilines is 1. The zero-order chi connectivity index (χ0) is 19.6. The van der Waals surface area contributed by atoms with Crippen LogP contribution in [0.5, 0.6) is 0 Å². The Bertz CT molecular complexity index is 1050. The summed E-state index contributed by atoms with van der Waals surface area (Å²) in [6, 6.07) is 10.2. The molecule has 0 bridgehead atoms. The van der Waals surface area contributed by atoms with E-state index in [0.29, 0.717) is 21.3 Å². The van der Waals surface area contributed by atoms with Gasteiger partial charge in [-0.3, -0.25) is 9.59 Å². The number of carbonyl (C=O) groups is 3. The molecule has 1 amide bonds. The van der Waals surface area contributed by atoms with Crippen molar-refractivity contribution >= 4 is 56.4 Å². The van der Waals surface area contributed by atoms with Crippen molar-refractivity contribution in [2.45, 2.75) is 6.92 Å². The van der Waals surface area contributed by atoms with Crippen LogP contribution in [0.2, 0.25) is 5.02 Å². The summed E-state index contributed by atoms with van der Waals surface area (Å²) < 4.78 is 18.9. The molecule has 0 saturated heterocycles. The SMILES string of the molecule is CC(=O)Nc1ccc(C(=O)COC(=O)c2sc3cc(F)ccc3c2Cl)cc1. The highest BCUT2D eigenvalue weighted by molar-refractivity contribution is 7.21. The first-order valence-electron chi connectivity index (χ1n) is 7.80. The molecule has 1 heterocycles. The molecule has 0 radical (unpaired) electrons. The molecule has 0 saturated carbocycles. The fourth-order valence-electron chi connectivity index (χ4n) is 2.39. The van der Waals surface area contributed by atoms with E-state index < -0.39 is 24.2 Å². The number of benzene rings is 2. The van der Waals surface area contributed by atoms with Crippen molar-refractivity contribution < 1.29 is 23.5 Å². The van der Waals surface area contributed by atoms with Crippen LogP contribution in [0.1, 0.15) is 27.0 Å². The Balaban J connectivity index is 1.67. The number of rotatable bonds is 5. The Morgan fingerprint density at radius 2 is 1.85 bits per heavy atom. The maximum absolute atomic E-state index is 13.3. The number of amides is 1. The Labute approximate surface area is 162 Å². The van der Waals surface area contributed by atoms with Crippen molar-refractivity contribution in [3.8, 4) is 0 Å². The molecule has 5 nitrogen and oxygen atoms in total. The van der Waals surface area contributed by atoms with Crippen molar-refractivity contribution in [1.82, 2.24) is 0 Å². The van der Waals surface area contributed by atoms with Gasteiger partial charge in [-0.2, -0.15) is 0 Å². The quantitative estimate of drug-likeness (QED) is 0.493. The number of Topliss-reactive ketones (excluding diaryl/α,β-unsaturated/α-hetero) is 1. The summed E-state index contributed by atoms with van der Waals surface area (Å²) >= 11 is 7.17. The number of ether oxygens (including phenoxy) is 1. The predicted octanol–water partition coefficient (Wildman–Crippen LogP) is 4.69. The second-order valence-electron chi connectivity index (χ2n) is 5.64. The van der Waals surface area contributed by atoms with Gasteiger partial charge in [0.1, 0.15) is 10.7 Å². The van der Waals surface area contributed by atoms with Gasteiger partial charge in [0, 0.05) is 28.3 Å². The molecule has 27 heavy (non-hydrogen) atoms. The number of esters is 1. The van der Waals surface area contributed by atoms with Gasteiger partial charge in [0.05, 0.1) is 5.02 Å². The first-order chi connectivity index (χ1) is 12.8. The van der Waals surface area contributed by atoms with Gasteiger partial charge in [0.2, 0.25) is 5.91 Å². The molecule has 8 heteroatoms. The summed E-state index contributed by atoms with van der Waals surface area (Å²) in [5.41, 5.74) is 0.891. The molecular weight excluding hydrogens is 393 g/mol. The summed E-state index contributed by atoms with van der Waals surface area (Å²) in [6.07, 6.45) is 0. The van der Waals surface area contributed by atoms with Gasteiger partial charge in [-0.25, -0.2) is 9.18 Å². The first kappa shape index (κ1) is 19.0. The van der Waals surface area contributed by atoms with Crippen LogP contribution in [0, 0.1) is 5.82 Å². The molecule has 138 valence electrons. The van der Waals surface area contributed by atoms with E-state index in [0.717, 1.165) is 11.3 Å². The lowest BCUT2D eigenvalue weighted by molar-refractivity contribution is -0.114. The number of thiophene rings is 1. The van der Waals surface area contributed by atoms with Crippen LogP contribution in [0.25, 0.3) is 10.1 Å². The molecule has 0 fully saturated rings. The summed E-state index contributed by atoms with van der Waals surface area (Å²) in [5.74, 6) is -1.80. The Kier molecular flexibility index (Phi) is 5.53. The summed E-state index contributed by atoms with van der Waals surface area (Å²) in [6.45, 7) is 0.920. The molecular formula is C19H13ClFNO4S.